The summed E-state index contributed by atoms with van der Waals surface area (Å²) < 4.78 is 1.68. The Labute approximate surface area is 94.8 Å². The van der Waals surface area contributed by atoms with E-state index in [-0.39, 0.29) is 5.56 Å². The van der Waals surface area contributed by atoms with Crippen molar-refractivity contribution in [2.75, 3.05) is 0 Å². The number of aromatic nitrogens is 1. The maximum Gasteiger partial charge on any atom is 0.250 e. The first-order valence-electron chi connectivity index (χ1n) is 5.34. The van der Waals surface area contributed by atoms with Crippen molar-refractivity contribution in [2.45, 2.75) is 13.3 Å². The van der Waals surface area contributed by atoms with Gasteiger partial charge >= 0.3 is 0 Å². The molecule has 0 saturated heterocycles. The molecule has 1 aromatic carbocycles. The minimum absolute atomic E-state index is 0.0286. The molecular weight excluding hydrogens is 198 g/mol. The zero-order valence-electron chi connectivity index (χ0n) is 9.66. The Morgan fingerprint density at radius 3 is 2.75 bits per heavy atom. The summed E-state index contributed by atoms with van der Waals surface area (Å²) in [5.41, 5.74) is 3.50. The predicted octanol–water partition coefficient (Wildman–Crippen LogP) is 2.58. The van der Waals surface area contributed by atoms with Gasteiger partial charge in [-0.3, -0.25) is 4.79 Å². The maximum absolute atomic E-state index is 11.5. The third-order valence-electron chi connectivity index (χ3n) is 3.00. The van der Waals surface area contributed by atoms with Crippen LogP contribution in [0.15, 0.2) is 41.7 Å². The number of hydrogen-bond donors (Lipinski definition) is 0. The number of benzene rings is 1. The molecule has 2 heteroatoms. The Balaban J connectivity index is 2.89. The Bertz CT molecular complexity index is 608. The summed E-state index contributed by atoms with van der Waals surface area (Å²) in [4.78, 5) is 11.5. The first-order chi connectivity index (χ1) is 7.65. The van der Waals surface area contributed by atoms with Crippen LogP contribution in [0.4, 0.5) is 0 Å². The molecule has 0 saturated carbocycles. The lowest BCUT2D eigenvalue weighted by Gasteiger charge is -2.10. The number of hydrogen-bond acceptors (Lipinski definition) is 1. The van der Waals surface area contributed by atoms with E-state index in [9.17, 15) is 4.79 Å². The lowest BCUT2D eigenvalue weighted by Crippen LogP contribution is -2.15. The van der Waals surface area contributed by atoms with Crippen LogP contribution in [-0.4, -0.2) is 4.57 Å². The highest BCUT2D eigenvalue weighted by Crippen LogP contribution is 2.21. The summed E-state index contributed by atoms with van der Waals surface area (Å²) in [5, 5.41) is 1.14. The molecule has 0 bridgehead atoms. The van der Waals surface area contributed by atoms with E-state index in [4.69, 9.17) is 0 Å². The van der Waals surface area contributed by atoms with E-state index < -0.39 is 0 Å². The molecule has 0 aliphatic rings. The van der Waals surface area contributed by atoms with Crippen molar-refractivity contribution >= 4 is 10.9 Å². The summed E-state index contributed by atoms with van der Waals surface area (Å²) >= 11 is 0. The van der Waals surface area contributed by atoms with Gasteiger partial charge in [0.25, 0.3) is 5.56 Å². The van der Waals surface area contributed by atoms with Crippen LogP contribution in [0, 0.1) is 6.92 Å². The van der Waals surface area contributed by atoms with E-state index in [1.165, 1.54) is 11.1 Å². The zero-order valence-corrected chi connectivity index (χ0v) is 9.66. The molecule has 0 radical (unpaired) electrons. The van der Waals surface area contributed by atoms with Crippen molar-refractivity contribution in [3.8, 4) is 0 Å². The van der Waals surface area contributed by atoms with Crippen LogP contribution in [0.25, 0.3) is 10.9 Å². The van der Waals surface area contributed by atoms with E-state index in [2.05, 4.69) is 19.6 Å². The van der Waals surface area contributed by atoms with Crippen LogP contribution in [0.3, 0.4) is 0 Å². The molecule has 0 spiro atoms. The van der Waals surface area contributed by atoms with Crippen LogP contribution >= 0.6 is 0 Å². The molecule has 2 aromatic rings. The Morgan fingerprint density at radius 2 is 2.06 bits per heavy atom. The Kier molecular flexibility index (Phi) is 2.65. The maximum atomic E-state index is 11.5. The second kappa shape index (κ2) is 3.97. The lowest BCUT2D eigenvalue weighted by molar-refractivity contribution is 0.904. The van der Waals surface area contributed by atoms with Crippen molar-refractivity contribution in [2.24, 2.45) is 7.05 Å². The van der Waals surface area contributed by atoms with Crippen molar-refractivity contribution in [1.29, 1.82) is 0 Å². The number of pyridine rings is 1. The van der Waals surface area contributed by atoms with Gasteiger partial charge in [0.05, 0.1) is 5.52 Å². The molecule has 82 valence electrons. The highest BCUT2D eigenvalue weighted by atomic mass is 16.1. The van der Waals surface area contributed by atoms with Crippen LogP contribution in [0.2, 0.25) is 0 Å². The summed E-state index contributed by atoms with van der Waals surface area (Å²) in [6.07, 6.45) is 2.73. The highest BCUT2D eigenvalue weighted by molar-refractivity contribution is 5.84. The molecular formula is C14H15NO. The predicted molar refractivity (Wildman–Crippen MR) is 67.8 cm³/mol. The third-order valence-corrected chi connectivity index (χ3v) is 3.00. The van der Waals surface area contributed by atoms with Gasteiger partial charge in [0.1, 0.15) is 0 Å². The molecule has 1 heterocycles. The second-order valence-electron chi connectivity index (χ2n) is 4.02. The third kappa shape index (κ3) is 1.56. The molecule has 0 aliphatic carbocycles. The van der Waals surface area contributed by atoms with Gasteiger partial charge in [0, 0.05) is 18.5 Å². The Hall–Kier alpha value is -1.83. The molecule has 0 atom stereocenters. The van der Waals surface area contributed by atoms with Gasteiger partial charge in [-0.25, -0.2) is 0 Å². The summed E-state index contributed by atoms with van der Waals surface area (Å²) in [5.74, 6) is 0. The van der Waals surface area contributed by atoms with Crippen LogP contribution < -0.4 is 5.56 Å². The number of nitrogens with zero attached hydrogens (tertiary/aromatic N) is 1. The van der Waals surface area contributed by atoms with E-state index in [0.717, 1.165) is 17.3 Å². The van der Waals surface area contributed by atoms with Gasteiger partial charge in [-0.2, -0.15) is 0 Å². The highest BCUT2D eigenvalue weighted by Gasteiger charge is 2.05. The van der Waals surface area contributed by atoms with Gasteiger partial charge in [-0.05, 0) is 36.6 Å². The molecule has 0 aliphatic heterocycles. The molecule has 0 N–H and O–H groups in total. The van der Waals surface area contributed by atoms with Crippen LogP contribution in [0.1, 0.15) is 11.1 Å². The normalized spacial score (nSPS) is 10.6. The Morgan fingerprint density at radius 1 is 1.31 bits per heavy atom. The van der Waals surface area contributed by atoms with Crippen molar-refractivity contribution in [3.05, 3.63) is 58.4 Å². The number of aryl methyl sites for hydroxylation is 2. The van der Waals surface area contributed by atoms with E-state index in [0.29, 0.717) is 0 Å². The fourth-order valence-electron chi connectivity index (χ4n) is 2.04. The SMILES string of the molecule is C=CCc1c(C)ccc2c1ccc(=O)n2C. The lowest BCUT2D eigenvalue weighted by atomic mass is 10.00. The van der Waals surface area contributed by atoms with E-state index >= 15 is 0 Å². The van der Waals surface area contributed by atoms with E-state index in [1.807, 2.05) is 18.2 Å². The zero-order chi connectivity index (χ0) is 11.7. The minimum atomic E-state index is 0.0286. The topological polar surface area (TPSA) is 22.0 Å². The second-order valence-corrected chi connectivity index (χ2v) is 4.02. The number of allylic oxidation sites excluding steroid dienone is 1. The molecule has 2 rings (SSSR count). The van der Waals surface area contributed by atoms with Gasteiger partial charge < -0.3 is 4.57 Å². The minimum Gasteiger partial charge on any atom is -0.311 e. The van der Waals surface area contributed by atoms with Crippen LogP contribution in [-0.2, 0) is 13.5 Å². The number of rotatable bonds is 2. The monoisotopic (exact) mass is 213 g/mol. The van der Waals surface area contributed by atoms with Crippen molar-refractivity contribution in [3.63, 3.8) is 0 Å². The van der Waals surface area contributed by atoms with E-state index in [1.54, 1.807) is 17.7 Å². The molecule has 0 amide bonds. The first kappa shape index (κ1) is 10.7. The smallest absolute Gasteiger partial charge is 0.250 e. The molecule has 1 aromatic heterocycles. The fourth-order valence-corrected chi connectivity index (χ4v) is 2.04. The molecule has 16 heavy (non-hydrogen) atoms. The first-order valence-corrected chi connectivity index (χ1v) is 5.34. The molecule has 0 fully saturated rings. The quantitative estimate of drug-likeness (QED) is 0.703. The van der Waals surface area contributed by atoms with Gasteiger partial charge in [0.15, 0.2) is 0 Å². The van der Waals surface area contributed by atoms with Gasteiger partial charge in [0.2, 0.25) is 0 Å². The van der Waals surface area contributed by atoms with Crippen molar-refractivity contribution < 1.29 is 0 Å². The standard InChI is InChI=1S/C14H15NO/c1-4-5-11-10(2)6-8-13-12(11)7-9-14(16)15(13)3/h4,6-9H,1,5H2,2-3H3. The summed E-state index contributed by atoms with van der Waals surface area (Å²) in [6, 6.07) is 7.58. The fraction of sp³-hybridized carbons (Fsp3) is 0.214. The molecule has 0 unspecified atom stereocenters. The summed E-state index contributed by atoms with van der Waals surface area (Å²) in [6.45, 7) is 5.86. The average Bonchev–Trinajstić information content (AvgIpc) is 2.27. The number of fused-ring (bicyclic) bond motifs is 1. The van der Waals surface area contributed by atoms with Gasteiger partial charge in [-0.1, -0.05) is 12.1 Å². The van der Waals surface area contributed by atoms with Gasteiger partial charge in [-0.15, -0.1) is 6.58 Å². The average molecular weight is 213 g/mol. The van der Waals surface area contributed by atoms with Crippen molar-refractivity contribution in [1.82, 2.24) is 4.57 Å². The summed E-state index contributed by atoms with van der Waals surface area (Å²) in [7, 11) is 1.80. The molecule has 2 nitrogen and oxygen atoms in total. The van der Waals surface area contributed by atoms with Crippen LogP contribution in [0.5, 0.6) is 0 Å². The largest absolute Gasteiger partial charge is 0.311 e.